The number of amides is 2. The molecule has 9 heteroatoms. The number of nitrogens with zero attached hydrogens (tertiary/aromatic N) is 3. The Hall–Kier alpha value is -2.36. The maximum Gasteiger partial charge on any atom is 0.258 e. The van der Waals surface area contributed by atoms with Gasteiger partial charge in [0.2, 0.25) is 12.8 Å². The van der Waals surface area contributed by atoms with Crippen LogP contribution in [-0.2, 0) is 24.8 Å². The first-order chi connectivity index (χ1) is 12.3. The lowest BCUT2D eigenvalue weighted by molar-refractivity contribution is -0.114. The number of hydrogen-bond donors (Lipinski definition) is 2. The van der Waals surface area contributed by atoms with E-state index in [0.29, 0.717) is 43.9 Å². The first kappa shape index (κ1) is 17.5. The SMILES string of the molecule is COCC(c1cccc2c1N=NC2(NC=O)NC=O)N1CCOCC1. The molecule has 134 valence electrons. The molecular weight excluding hydrogens is 326 g/mol. The number of carbonyl (C=O) groups is 2. The van der Waals surface area contributed by atoms with Crippen LogP contribution in [0.5, 0.6) is 0 Å². The van der Waals surface area contributed by atoms with Crippen LogP contribution in [0.3, 0.4) is 0 Å². The lowest BCUT2D eigenvalue weighted by Gasteiger charge is -2.35. The van der Waals surface area contributed by atoms with Gasteiger partial charge in [-0.05, 0) is 5.56 Å². The third-order valence-electron chi connectivity index (χ3n) is 4.46. The van der Waals surface area contributed by atoms with E-state index < -0.39 is 5.79 Å². The molecule has 1 saturated heterocycles. The molecule has 1 fully saturated rings. The molecule has 0 bridgehead atoms. The van der Waals surface area contributed by atoms with Gasteiger partial charge in [-0.3, -0.25) is 14.5 Å². The highest BCUT2D eigenvalue weighted by Crippen LogP contribution is 2.42. The van der Waals surface area contributed by atoms with Gasteiger partial charge in [-0.15, -0.1) is 5.11 Å². The van der Waals surface area contributed by atoms with E-state index in [4.69, 9.17) is 9.47 Å². The number of carbonyl (C=O) groups excluding carboxylic acids is 2. The standard InChI is InChI=1S/C16H21N5O4/c1-24-9-14(21-5-7-25-8-6-21)12-3-2-4-13-15(12)19-20-16(13,17-10-22)18-11-23/h2-4,10-11,14H,5-9H2,1H3,(H,17,22)(H,18,23). The van der Waals surface area contributed by atoms with Crippen LogP contribution in [0.25, 0.3) is 0 Å². The van der Waals surface area contributed by atoms with Crippen LogP contribution < -0.4 is 10.6 Å². The molecule has 9 nitrogen and oxygen atoms in total. The second kappa shape index (κ2) is 7.68. The molecule has 0 spiro atoms. The van der Waals surface area contributed by atoms with Gasteiger partial charge in [-0.1, -0.05) is 18.2 Å². The lowest BCUT2D eigenvalue weighted by Crippen LogP contribution is -2.50. The molecule has 1 atom stereocenters. The Kier molecular flexibility index (Phi) is 5.37. The monoisotopic (exact) mass is 347 g/mol. The Balaban J connectivity index is 2.00. The molecule has 1 aromatic carbocycles. The molecule has 0 aromatic heterocycles. The van der Waals surface area contributed by atoms with E-state index in [1.165, 1.54) is 0 Å². The third kappa shape index (κ3) is 3.26. The summed E-state index contributed by atoms with van der Waals surface area (Å²) in [6.45, 7) is 3.40. The van der Waals surface area contributed by atoms with Crippen LogP contribution >= 0.6 is 0 Å². The number of hydrogen-bond acceptors (Lipinski definition) is 7. The summed E-state index contributed by atoms with van der Waals surface area (Å²) in [5.74, 6) is -1.36. The number of benzene rings is 1. The molecular formula is C16H21N5O4. The summed E-state index contributed by atoms with van der Waals surface area (Å²) in [5.41, 5.74) is 2.20. The fourth-order valence-corrected chi connectivity index (χ4v) is 3.28. The number of fused-ring (bicyclic) bond motifs is 1. The van der Waals surface area contributed by atoms with Crippen LogP contribution in [0, 0.1) is 0 Å². The number of azo groups is 1. The molecule has 2 amide bonds. The summed E-state index contributed by atoms with van der Waals surface area (Å²) in [5, 5.41) is 13.5. The minimum Gasteiger partial charge on any atom is -0.383 e. The molecule has 0 radical (unpaired) electrons. The minimum atomic E-state index is -1.36. The van der Waals surface area contributed by atoms with Gasteiger partial charge in [0.15, 0.2) is 0 Å². The summed E-state index contributed by atoms with van der Waals surface area (Å²) < 4.78 is 10.9. The highest BCUT2D eigenvalue weighted by molar-refractivity contribution is 5.64. The van der Waals surface area contributed by atoms with Gasteiger partial charge in [0.1, 0.15) is 0 Å². The van der Waals surface area contributed by atoms with Crippen molar-refractivity contribution in [3.05, 3.63) is 29.3 Å². The predicted octanol–water partition coefficient (Wildman–Crippen LogP) is 0.406. The van der Waals surface area contributed by atoms with Crippen molar-refractivity contribution in [3.8, 4) is 0 Å². The van der Waals surface area contributed by atoms with Gasteiger partial charge in [0.05, 0.1) is 37.1 Å². The topological polar surface area (TPSA) is 105 Å². The number of rotatable bonds is 8. The van der Waals surface area contributed by atoms with Crippen LogP contribution in [-0.4, -0.2) is 57.7 Å². The van der Waals surface area contributed by atoms with Crippen LogP contribution in [0.4, 0.5) is 5.69 Å². The summed E-state index contributed by atoms with van der Waals surface area (Å²) in [7, 11) is 1.66. The molecule has 0 aliphatic carbocycles. The smallest absolute Gasteiger partial charge is 0.258 e. The predicted molar refractivity (Wildman–Crippen MR) is 88.0 cm³/mol. The summed E-state index contributed by atoms with van der Waals surface area (Å²) in [6.07, 6.45) is 0.984. The van der Waals surface area contributed by atoms with Gasteiger partial charge < -0.3 is 20.1 Å². The van der Waals surface area contributed by atoms with Gasteiger partial charge >= 0.3 is 0 Å². The first-order valence-electron chi connectivity index (χ1n) is 8.05. The molecule has 2 N–H and O–H groups in total. The van der Waals surface area contributed by atoms with E-state index in [2.05, 4.69) is 25.8 Å². The second-order valence-electron chi connectivity index (χ2n) is 5.80. The Bertz CT molecular complexity index is 650. The van der Waals surface area contributed by atoms with E-state index in [1.54, 1.807) is 13.2 Å². The zero-order valence-corrected chi connectivity index (χ0v) is 14.0. The molecule has 25 heavy (non-hydrogen) atoms. The Morgan fingerprint density at radius 1 is 1.32 bits per heavy atom. The number of ether oxygens (including phenoxy) is 2. The second-order valence-corrected chi connectivity index (χ2v) is 5.80. The average Bonchev–Trinajstić information content (AvgIpc) is 3.00. The molecule has 3 rings (SSSR count). The zero-order chi connectivity index (χ0) is 17.7. The van der Waals surface area contributed by atoms with E-state index in [0.717, 1.165) is 18.7 Å². The van der Waals surface area contributed by atoms with E-state index in [9.17, 15) is 9.59 Å². The fourth-order valence-electron chi connectivity index (χ4n) is 3.28. The van der Waals surface area contributed by atoms with E-state index >= 15 is 0 Å². The van der Waals surface area contributed by atoms with Gasteiger partial charge in [0.25, 0.3) is 5.79 Å². The Morgan fingerprint density at radius 3 is 2.68 bits per heavy atom. The lowest BCUT2D eigenvalue weighted by atomic mass is 9.97. The van der Waals surface area contributed by atoms with Gasteiger partial charge in [-0.25, -0.2) is 0 Å². The quantitative estimate of drug-likeness (QED) is 0.523. The van der Waals surface area contributed by atoms with Crippen molar-refractivity contribution >= 4 is 18.5 Å². The van der Waals surface area contributed by atoms with Crippen molar-refractivity contribution in [3.63, 3.8) is 0 Å². The highest BCUT2D eigenvalue weighted by Gasteiger charge is 2.40. The molecule has 1 unspecified atom stereocenters. The van der Waals surface area contributed by atoms with Crippen LogP contribution in [0.15, 0.2) is 28.4 Å². The number of morpholine rings is 1. The largest absolute Gasteiger partial charge is 0.383 e. The maximum absolute atomic E-state index is 11.0. The van der Waals surface area contributed by atoms with Crippen molar-refractivity contribution < 1.29 is 19.1 Å². The summed E-state index contributed by atoms with van der Waals surface area (Å²) in [4.78, 5) is 24.3. The van der Waals surface area contributed by atoms with Crippen LogP contribution in [0.1, 0.15) is 17.2 Å². The van der Waals surface area contributed by atoms with Crippen molar-refractivity contribution in [2.24, 2.45) is 10.2 Å². The zero-order valence-electron chi connectivity index (χ0n) is 14.0. The number of nitrogens with one attached hydrogen (secondary N) is 2. The Morgan fingerprint density at radius 2 is 2.04 bits per heavy atom. The molecule has 2 heterocycles. The molecule has 2 aliphatic heterocycles. The summed E-state index contributed by atoms with van der Waals surface area (Å²) >= 11 is 0. The van der Waals surface area contributed by atoms with Crippen molar-refractivity contribution in [2.75, 3.05) is 40.0 Å². The normalized spacial score (nSPS) is 19.9. The Labute approximate surface area is 145 Å². The average molecular weight is 347 g/mol. The first-order valence-corrected chi connectivity index (χ1v) is 8.05. The van der Waals surface area contributed by atoms with Crippen LogP contribution in [0.2, 0.25) is 0 Å². The molecule has 0 saturated carbocycles. The third-order valence-corrected chi connectivity index (χ3v) is 4.46. The summed E-state index contributed by atoms with van der Waals surface area (Å²) in [6, 6.07) is 5.59. The van der Waals surface area contributed by atoms with Crippen molar-refractivity contribution in [1.82, 2.24) is 15.5 Å². The minimum absolute atomic E-state index is 0.0222. The van der Waals surface area contributed by atoms with E-state index in [1.807, 2.05) is 12.1 Å². The van der Waals surface area contributed by atoms with Crippen molar-refractivity contribution in [1.29, 1.82) is 0 Å². The number of methoxy groups -OCH3 is 1. The fraction of sp³-hybridized carbons (Fsp3) is 0.500. The molecule has 1 aromatic rings. The van der Waals surface area contributed by atoms with E-state index in [-0.39, 0.29) is 6.04 Å². The van der Waals surface area contributed by atoms with Gasteiger partial charge in [-0.2, -0.15) is 5.11 Å². The van der Waals surface area contributed by atoms with Gasteiger partial charge in [0, 0.05) is 20.2 Å². The van der Waals surface area contributed by atoms with Crippen molar-refractivity contribution in [2.45, 2.75) is 11.8 Å². The maximum atomic E-state index is 11.0. The highest BCUT2D eigenvalue weighted by atomic mass is 16.5. The molecule has 2 aliphatic rings.